The molecule has 1 aromatic carbocycles. The van der Waals surface area contributed by atoms with Crippen LogP contribution in [0.2, 0.25) is 0 Å². The lowest BCUT2D eigenvalue weighted by Gasteiger charge is -2.12. The van der Waals surface area contributed by atoms with Crippen molar-refractivity contribution in [2.24, 2.45) is 0 Å². The van der Waals surface area contributed by atoms with Crippen LogP contribution in [0.25, 0.3) is 0 Å². The highest BCUT2D eigenvalue weighted by Crippen LogP contribution is 2.11. The molecule has 2 N–H and O–H groups in total. The van der Waals surface area contributed by atoms with Gasteiger partial charge in [0, 0.05) is 39.4 Å². The van der Waals surface area contributed by atoms with Crippen molar-refractivity contribution >= 4 is 11.6 Å². The second-order valence-electron chi connectivity index (χ2n) is 4.52. The molecule has 0 aromatic heterocycles. The van der Waals surface area contributed by atoms with Crippen LogP contribution in [0.1, 0.15) is 24.8 Å². The Hall–Kier alpha value is -1.55. The number of hydrogen-bond donors (Lipinski definition) is 2. The number of amides is 1. The van der Waals surface area contributed by atoms with Crippen LogP contribution in [0.15, 0.2) is 24.3 Å². The highest BCUT2D eigenvalue weighted by Gasteiger charge is 2.01. The molecule has 0 saturated carbocycles. The molecule has 0 aliphatic rings. The van der Waals surface area contributed by atoms with E-state index in [0.717, 1.165) is 17.7 Å². The molecular formula is C14H22N2O2. The van der Waals surface area contributed by atoms with E-state index in [9.17, 15) is 4.79 Å². The van der Waals surface area contributed by atoms with Crippen LogP contribution in [0.3, 0.4) is 0 Å². The largest absolute Gasteiger partial charge is 0.396 e. The third kappa shape index (κ3) is 5.19. The first-order valence-electron chi connectivity index (χ1n) is 6.27. The second kappa shape index (κ2) is 7.71. The average Bonchev–Trinajstić information content (AvgIpc) is 2.37. The Balaban J connectivity index is 2.32. The number of nitrogens with zero attached hydrogens (tertiary/aromatic N) is 1. The van der Waals surface area contributed by atoms with Gasteiger partial charge in [0.15, 0.2) is 0 Å². The fourth-order valence-corrected chi connectivity index (χ4v) is 1.60. The van der Waals surface area contributed by atoms with Gasteiger partial charge in [-0.25, -0.2) is 0 Å². The van der Waals surface area contributed by atoms with Gasteiger partial charge in [-0.05, 0) is 30.5 Å². The summed E-state index contributed by atoms with van der Waals surface area (Å²) in [6.45, 7) is 0.713. The lowest BCUT2D eigenvalue weighted by atomic mass is 10.2. The number of aliphatic hydroxyl groups is 1. The first-order chi connectivity index (χ1) is 8.63. The van der Waals surface area contributed by atoms with Crippen molar-refractivity contribution in [2.45, 2.75) is 25.8 Å². The third-order valence-electron chi connectivity index (χ3n) is 2.75. The summed E-state index contributed by atoms with van der Waals surface area (Å²) < 4.78 is 0. The molecule has 1 rings (SSSR count). The molecule has 0 aliphatic heterocycles. The van der Waals surface area contributed by atoms with Crippen molar-refractivity contribution in [3.8, 4) is 0 Å². The molecule has 0 heterocycles. The summed E-state index contributed by atoms with van der Waals surface area (Å²) in [4.78, 5) is 13.5. The second-order valence-corrected chi connectivity index (χ2v) is 4.52. The topological polar surface area (TPSA) is 52.6 Å². The maximum absolute atomic E-state index is 11.5. The molecule has 4 nitrogen and oxygen atoms in total. The molecule has 0 radical (unpaired) electrons. The van der Waals surface area contributed by atoms with E-state index in [1.54, 1.807) is 0 Å². The van der Waals surface area contributed by atoms with E-state index in [-0.39, 0.29) is 12.5 Å². The molecule has 0 unspecified atom stereocenters. The standard InChI is InChI=1S/C14H22N2O2/c1-16(2)13-8-6-12(7-9-13)11-15-14(18)5-3-4-10-17/h6-9,17H,3-5,10-11H2,1-2H3,(H,15,18). The summed E-state index contributed by atoms with van der Waals surface area (Å²) in [6, 6.07) is 8.10. The number of unbranched alkanes of at least 4 members (excludes halogenated alkanes) is 1. The Morgan fingerprint density at radius 3 is 2.44 bits per heavy atom. The predicted octanol–water partition coefficient (Wildman–Crippen LogP) is 1.53. The number of aliphatic hydroxyl groups excluding tert-OH is 1. The van der Waals surface area contributed by atoms with Crippen LogP contribution in [-0.2, 0) is 11.3 Å². The number of rotatable bonds is 7. The van der Waals surface area contributed by atoms with Gasteiger partial charge in [-0.2, -0.15) is 0 Å². The summed E-state index contributed by atoms with van der Waals surface area (Å²) in [5.41, 5.74) is 2.24. The van der Waals surface area contributed by atoms with Gasteiger partial charge in [0.05, 0.1) is 0 Å². The zero-order chi connectivity index (χ0) is 13.4. The van der Waals surface area contributed by atoms with E-state index in [4.69, 9.17) is 5.11 Å². The van der Waals surface area contributed by atoms with E-state index in [1.807, 2.05) is 43.3 Å². The number of hydrogen-bond acceptors (Lipinski definition) is 3. The highest BCUT2D eigenvalue weighted by atomic mass is 16.2. The normalized spacial score (nSPS) is 10.2. The SMILES string of the molecule is CN(C)c1ccc(CNC(=O)CCCCO)cc1. The Kier molecular flexibility index (Phi) is 6.22. The number of nitrogens with one attached hydrogen (secondary N) is 1. The molecule has 18 heavy (non-hydrogen) atoms. The van der Waals surface area contributed by atoms with Gasteiger partial charge in [0.2, 0.25) is 5.91 Å². The quantitative estimate of drug-likeness (QED) is 0.722. The van der Waals surface area contributed by atoms with Crippen molar-refractivity contribution < 1.29 is 9.90 Å². The first kappa shape index (κ1) is 14.5. The average molecular weight is 250 g/mol. The predicted molar refractivity (Wildman–Crippen MR) is 73.6 cm³/mol. The van der Waals surface area contributed by atoms with Gasteiger partial charge >= 0.3 is 0 Å². The number of anilines is 1. The van der Waals surface area contributed by atoms with E-state index < -0.39 is 0 Å². The molecular weight excluding hydrogens is 228 g/mol. The van der Waals surface area contributed by atoms with Crippen LogP contribution in [0.5, 0.6) is 0 Å². The Bertz CT molecular complexity index is 361. The van der Waals surface area contributed by atoms with Gasteiger partial charge in [-0.1, -0.05) is 12.1 Å². The molecule has 1 amide bonds. The minimum atomic E-state index is 0.0418. The van der Waals surface area contributed by atoms with Crippen LogP contribution in [0, 0.1) is 0 Å². The molecule has 1 aromatic rings. The van der Waals surface area contributed by atoms with Gasteiger partial charge in [0.1, 0.15) is 0 Å². The van der Waals surface area contributed by atoms with Crippen molar-refractivity contribution in [1.29, 1.82) is 0 Å². The van der Waals surface area contributed by atoms with Gasteiger partial charge in [-0.3, -0.25) is 4.79 Å². The minimum absolute atomic E-state index is 0.0418. The van der Waals surface area contributed by atoms with Gasteiger partial charge in [0.25, 0.3) is 0 Å². The van der Waals surface area contributed by atoms with Crippen LogP contribution >= 0.6 is 0 Å². The minimum Gasteiger partial charge on any atom is -0.396 e. The summed E-state index contributed by atoms with van der Waals surface area (Å²) in [5, 5.41) is 11.5. The summed E-state index contributed by atoms with van der Waals surface area (Å²) in [5.74, 6) is 0.0418. The highest BCUT2D eigenvalue weighted by molar-refractivity contribution is 5.75. The molecule has 0 bridgehead atoms. The van der Waals surface area contributed by atoms with Crippen molar-refractivity contribution in [3.05, 3.63) is 29.8 Å². The maximum Gasteiger partial charge on any atom is 0.220 e. The van der Waals surface area contributed by atoms with Gasteiger partial charge in [-0.15, -0.1) is 0 Å². The lowest BCUT2D eigenvalue weighted by Crippen LogP contribution is -2.22. The maximum atomic E-state index is 11.5. The van der Waals surface area contributed by atoms with Crippen LogP contribution < -0.4 is 10.2 Å². The molecule has 0 atom stereocenters. The van der Waals surface area contributed by atoms with Crippen molar-refractivity contribution in [1.82, 2.24) is 5.32 Å². The number of carbonyl (C=O) groups excluding carboxylic acids is 1. The van der Waals surface area contributed by atoms with Crippen molar-refractivity contribution in [2.75, 3.05) is 25.6 Å². The fraction of sp³-hybridized carbons (Fsp3) is 0.500. The summed E-state index contributed by atoms with van der Waals surface area (Å²) >= 11 is 0. The Morgan fingerprint density at radius 2 is 1.89 bits per heavy atom. The van der Waals surface area contributed by atoms with E-state index in [1.165, 1.54) is 0 Å². The number of benzene rings is 1. The smallest absolute Gasteiger partial charge is 0.220 e. The van der Waals surface area contributed by atoms with E-state index >= 15 is 0 Å². The Morgan fingerprint density at radius 1 is 1.22 bits per heavy atom. The zero-order valence-electron chi connectivity index (χ0n) is 11.1. The molecule has 0 saturated heterocycles. The summed E-state index contributed by atoms with van der Waals surface area (Å²) in [6.07, 6.45) is 1.91. The summed E-state index contributed by atoms with van der Waals surface area (Å²) in [7, 11) is 4.00. The third-order valence-corrected chi connectivity index (χ3v) is 2.75. The monoisotopic (exact) mass is 250 g/mol. The van der Waals surface area contributed by atoms with Gasteiger partial charge < -0.3 is 15.3 Å². The van der Waals surface area contributed by atoms with Crippen LogP contribution in [-0.4, -0.2) is 31.7 Å². The van der Waals surface area contributed by atoms with Crippen molar-refractivity contribution in [3.63, 3.8) is 0 Å². The Labute approximate surface area is 109 Å². The molecule has 0 aliphatic carbocycles. The molecule has 0 fully saturated rings. The van der Waals surface area contributed by atoms with Crippen LogP contribution in [0.4, 0.5) is 5.69 Å². The first-order valence-corrected chi connectivity index (χ1v) is 6.27. The lowest BCUT2D eigenvalue weighted by molar-refractivity contribution is -0.121. The number of carbonyl (C=O) groups is 1. The zero-order valence-corrected chi connectivity index (χ0v) is 11.1. The molecule has 4 heteroatoms. The fourth-order valence-electron chi connectivity index (χ4n) is 1.60. The molecule has 0 spiro atoms. The van der Waals surface area contributed by atoms with E-state index in [2.05, 4.69) is 5.32 Å². The molecule has 100 valence electrons. The van der Waals surface area contributed by atoms with E-state index in [0.29, 0.717) is 19.4 Å².